The summed E-state index contributed by atoms with van der Waals surface area (Å²) in [6, 6.07) is 12.6. The lowest BCUT2D eigenvalue weighted by molar-refractivity contribution is 0.0828. The van der Waals surface area contributed by atoms with Gasteiger partial charge in [0.05, 0.1) is 11.1 Å². The molecule has 0 atom stereocenters. The van der Waals surface area contributed by atoms with Gasteiger partial charge in [-0.2, -0.15) is 0 Å². The second kappa shape index (κ2) is 11.5. The normalized spacial score (nSPS) is 20.3. The first-order valence-corrected chi connectivity index (χ1v) is 14.3. The number of aryl methyl sites for hydroxylation is 1. The van der Waals surface area contributed by atoms with Crippen molar-refractivity contribution in [3.05, 3.63) is 66.4 Å². The predicted octanol–water partition coefficient (Wildman–Crippen LogP) is 5.50. The third-order valence-electron chi connectivity index (χ3n) is 8.67. The number of carbonyl (C=O) groups excluding carboxylic acids is 1. The van der Waals surface area contributed by atoms with Crippen LogP contribution in [0.2, 0.25) is 0 Å². The van der Waals surface area contributed by atoms with Crippen molar-refractivity contribution < 1.29 is 9.18 Å². The van der Waals surface area contributed by atoms with Crippen LogP contribution in [0.4, 0.5) is 26.4 Å². The van der Waals surface area contributed by atoms with E-state index in [1.54, 1.807) is 18.2 Å². The topological polar surface area (TPSA) is 104 Å². The quantitative estimate of drug-likeness (QED) is 0.300. The Morgan fingerprint density at radius 1 is 0.951 bits per heavy atom. The summed E-state index contributed by atoms with van der Waals surface area (Å²) in [4.78, 5) is 26.4. The van der Waals surface area contributed by atoms with Crippen molar-refractivity contribution >= 4 is 34.3 Å². The molecule has 2 fully saturated rings. The highest BCUT2D eigenvalue weighted by molar-refractivity contribution is 6.02. The summed E-state index contributed by atoms with van der Waals surface area (Å²) >= 11 is 0. The maximum absolute atomic E-state index is 15.3. The number of hydrogen-bond acceptors (Lipinski definition) is 6. The third kappa shape index (κ3) is 5.62. The zero-order valence-corrected chi connectivity index (χ0v) is 23.6. The Hall–Kier alpha value is -4.02. The van der Waals surface area contributed by atoms with Crippen molar-refractivity contribution in [3.8, 4) is 11.1 Å². The number of hydrogen-bond donors (Lipinski definition) is 3. The fraction of sp³-hybridized carbons (Fsp3) is 0.387. The van der Waals surface area contributed by atoms with Gasteiger partial charge < -0.3 is 25.8 Å². The van der Waals surface area contributed by atoms with Crippen LogP contribution < -0.4 is 16.4 Å². The molecular formula is C31H37FN8O. The van der Waals surface area contributed by atoms with Crippen LogP contribution in [0.5, 0.6) is 0 Å². The van der Waals surface area contributed by atoms with E-state index in [1.807, 2.05) is 31.3 Å². The molecule has 9 nitrogen and oxygen atoms in total. The monoisotopic (exact) mass is 556 g/mol. The van der Waals surface area contributed by atoms with Gasteiger partial charge in [0.25, 0.3) is 0 Å². The first-order chi connectivity index (χ1) is 19.9. The first kappa shape index (κ1) is 27.2. The zero-order chi connectivity index (χ0) is 28.5. The molecule has 1 saturated heterocycles. The summed E-state index contributed by atoms with van der Waals surface area (Å²) in [5, 5.41) is 6.12. The highest BCUT2D eigenvalue weighted by Gasteiger charge is 2.30. The summed E-state index contributed by atoms with van der Waals surface area (Å²) in [5.74, 6) is -0.165. The summed E-state index contributed by atoms with van der Waals surface area (Å²) in [7, 11) is 2.19. The number of amides is 2. The van der Waals surface area contributed by atoms with Gasteiger partial charge in [-0.25, -0.2) is 19.2 Å². The number of nitrogens with one attached hydrogen (secondary N) is 2. The van der Waals surface area contributed by atoms with Gasteiger partial charge in [0.2, 0.25) is 0 Å². The number of likely N-dealkylation sites (N-methyl/N-ethyl adjacent to an activating group) is 1. The van der Waals surface area contributed by atoms with Gasteiger partial charge in [-0.3, -0.25) is 4.90 Å². The molecule has 1 aliphatic heterocycles. The van der Waals surface area contributed by atoms with Crippen LogP contribution in [0, 0.1) is 12.7 Å². The van der Waals surface area contributed by atoms with Gasteiger partial charge >= 0.3 is 6.03 Å². The highest BCUT2D eigenvalue weighted by atomic mass is 19.1. The second-order valence-corrected chi connectivity index (χ2v) is 11.3. The Bertz CT molecular complexity index is 1550. The van der Waals surface area contributed by atoms with E-state index in [9.17, 15) is 4.79 Å². The van der Waals surface area contributed by atoms with Crippen molar-refractivity contribution in [2.75, 3.05) is 49.6 Å². The summed E-state index contributed by atoms with van der Waals surface area (Å²) in [6.07, 6.45) is 7.93. The molecule has 0 spiro atoms. The fourth-order valence-electron chi connectivity index (χ4n) is 6.27. The Balaban J connectivity index is 1.21. The molecule has 10 heteroatoms. The minimum Gasteiger partial charge on any atom is -0.383 e. The number of halogens is 1. The van der Waals surface area contributed by atoms with E-state index >= 15 is 4.39 Å². The summed E-state index contributed by atoms with van der Waals surface area (Å²) in [5.41, 5.74) is 10.3. The predicted molar refractivity (Wildman–Crippen MR) is 162 cm³/mol. The van der Waals surface area contributed by atoms with Gasteiger partial charge in [-0.05, 0) is 69.0 Å². The molecular weight excluding hydrogens is 519 g/mol. The van der Waals surface area contributed by atoms with E-state index in [4.69, 9.17) is 5.73 Å². The lowest BCUT2D eigenvalue weighted by atomic mass is 9.89. The van der Waals surface area contributed by atoms with Gasteiger partial charge in [0.15, 0.2) is 0 Å². The smallest absolute Gasteiger partial charge is 0.323 e. The van der Waals surface area contributed by atoms with E-state index in [1.165, 1.54) is 12.4 Å². The molecule has 2 amide bonds. The lowest BCUT2D eigenvalue weighted by Crippen LogP contribution is -2.49. The number of nitrogen functional groups attached to an aromatic ring is 1. The number of aromatic nitrogens is 3. The van der Waals surface area contributed by atoms with Crippen molar-refractivity contribution in [2.45, 2.75) is 44.7 Å². The molecule has 4 N–H and O–H groups in total. The number of piperazine rings is 1. The molecule has 0 bridgehead atoms. The van der Waals surface area contributed by atoms with Gasteiger partial charge in [0, 0.05) is 55.7 Å². The van der Waals surface area contributed by atoms with Gasteiger partial charge in [-0.15, -0.1) is 0 Å². The summed E-state index contributed by atoms with van der Waals surface area (Å²) in [6.45, 7) is 6.43. The number of nitrogens with zero attached hydrogens (tertiary/aromatic N) is 5. The molecule has 214 valence electrons. The average Bonchev–Trinajstić information content (AvgIpc) is 3.37. The van der Waals surface area contributed by atoms with Crippen molar-refractivity contribution in [3.63, 3.8) is 0 Å². The molecule has 4 aromatic rings. The number of benzene rings is 2. The number of nitrogens with two attached hydrogens (primary N) is 1. The molecule has 41 heavy (non-hydrogen) atoms. The van der Waals surface area contributed by atoms with Crippen LogP contribution in [-0.2, 0) is 0 Å². The van der Waals surface area contributed by atoms with E-state index < -0.39 is 11.8 Å². The van der Waals surface area contributed by atoms with Crippen molar-refractivity contribution in [2.24, 2.45) is 0 Å². The van der Waals surface area contributed by atoms with Gasteiger partial charge in [0.1, 0.15) is 23.6 Å². The number of fused-ring (bicyclic) bond motifs is 1. The average molecular weight is 557 g/mol. The van der Waals surface area contributed by atoms with Gasteiger partial charge in [-0.1, -0.05) is 24.3 Å². The third-order valence-corrected chi connectivity index (χ3v) is 8.67. The van der Waals surface area contributed by atoms with E-state index in [-0.39, 0.29) is 5.69 Å². The highest BCUT2D eigenvalue weighted by Crippen LogP contribution is 2.39. The van der Waals surface area contributed by atoms with Crippen molar-refractivity contribution in [1.29, 1.82) is 0 Å². The number of urea groups is 1. The van der Waals surface area contributed by atoms with Crippen molar-refractivity contribution in [1.82, 2.24) is 24.3 Å². The molecule has 1 saturated carbocycles. The maximum Gasteiger partial charge on any atom is 0.323 e. The molecule has 2 aromatic heterocycles. The first-order valence-electron chi connectivity index (χ1n) is 14.3. The maximum atomic E-state index is 15.3. The van der Waals surface area contributed by atoms with Crippen LogP contribution in [0.1, 0.15) is 37.3 Å². The SMILES string of the molecule is Cc1ccccc1NC(=O)Nc1ccc(-c2cn([C@H]3CC[C@@H](N4CCN(C)CC4)CC3)c3ncnc(N)c23)cc1F. The van der Waals surface area contributed by atoms with E-state index in [2.05, 4.69) is 42.0 Å². The van der Waals surface area contributed by atoms with E-state index in [0.29, 0.717) is 29.2 Å². The number of rotatable bonds is 5. The standard InChI is InChI=1S/C31H37FN8O/c1-20-5-3-4-6-26(20)36-31(41)37-27-12-7-21(17-25(27)32)24-18-40(30-28(24)29(33)34-19-35-30)23-10-8-22(9-11-23)39-15-13-38(2)14-16-39/h3-7,12,17-19,22-23H,8-11,13-16H2,1-2H3,(H2,33,34,35)(H2,36,37,41)/t22-,23+. The van der Waals surface area contributed by atoms with Crippen LogP contribution in [0.25, 0.3) is 22.2 Å². The van der Waals surface area contributed by atoms with E-state index in [0.717, 1.165) is 74.0 Å². The molecule has 6 rings (SSSR count). The van der Waals surface area contributed by atoms with Crippen LogP contribution >= 0.6 is 0 Å². The molecule has 2 aliphatic rings. The van der Waals surface area contributed by atoms with Crippen LogP contribution in [-0.4, -0.2) is 69.6 Å². The van der Waals surface area contributed by atoms with Crippen LogP contribution in [0.3, 0.4) is 0 Å². The number of anilines is 3. The minimum absolute atomic E-state index is 0.0926. The summed E-state index contributed by atoms with van der Waals surface area (Å²) < 4.78 is 17.5. The lowest BCUT2D eigenvalue weighted by Gasteiger charge is -2.41. The minimum atomic E-state index is -0.536. The molecule has 0 radical (unpaired) electrons. The second-order valence-electron chi connectivity index (χ2n) is 11.3. The molecule has 2 aromatic carbocycles. The molecule has 0 unspecified atom stereocenters. The zero-order valence-electron chi connectivity index (χ0n) is 23.6. The van der Waals surface area contributed by atoms with Crippen LogP contribution in [0.15, 0.2) is 55.0 Å². The fourth-order valence-corrected chi connectivity index (χ4v) is 6.27. The largest absolute Gasteiger partial charge is 0.383 e. The Morgan fingerprint density at radius 2 is 1.66 bits per heavy atom. The molecule has 3 heterocycles. The Morgan fingerprint density at radius 3 is 2.39 bits per heavy atom. The molecule has 1 aliphatic carbocycles. The number of carbonyl (C=O) groups is 1. The Labute approximate surface area is 239 Å². The Kier molecular flexibility index (Phi) is 7.59. The number of para-hydroxylation sites is 1.